The summed E-state index contributed by atoms with van der Waals surface area (Å²) >= 11 is 0. The molecule has 0 radical (unpaired) electrons. The molecule has 0 aromatic carbocycles. The maximum Gasteiger partial charge on any atom is 0.138 e. The Morgan fingerprint density at radius 1 is 1.28 bits per heavy atom. The maximum absolute atomic E-state index is 4.60. The standard InChI is InChI=1S/C14H20N4/c1-11-12(9-16-14(2,3)4)5-6-13(17-11)18-8-7-15-10-18/h5-8,10,16H,9H2,1-4H3. The van der Waals surface area contributed by atoms with E-state index in [0.717, 1.165) is 18.1 Å². The Bertz CT molecular complexity index is 509. The predicted molar refractivity (Wildman–Crippen MR) is 72.7 cm³/mol. The first-order chi connectivity index (χ1) is 8.46. The molecule has 0 aliphatic carbocycles. The summed E-state index contributed by atoms with van der Waals surface area (Å²) in [4.78, 5) is 8.63. The van der Waals surface area contributed by atoms with E-state index in [1.54, 1.807) is 12.5 Å². The van der Waals surface area contributed by atoms with Gasteiger partial charge < -0.3 is 5.32 Å². The van der Waals surface area contributed by atoms with Crippen LogP contribution < -0.4 is 5.32 Å². The van der Waals surface area contributed by atoms with Crippen molar-refractivity contribution in [2.45, 2.75) is 39.8 Å². The fourth-order valence-corrected chi connectivity index (χ4v) is 1.66. The third kappa shape index (κ3) is 3.17. The van der Waals surface area contributed by atoms with Crippen LogP contribution in [0.1, 0.15) is 32.0 Å². The van der Waals surface area contributed by atoms with E-state index in [2.05, 4.69) is 42.1 Å². The summed E-state index contributed by atoms with van der Waals surface area (Å²) in [6.07, 6.45) is 5.41. The maximum atomic E-state index is 4.60. The van der Waals surface area contributed by atoms with E-state index in [9.17, 15) is 0 Å². The lowest BCUT2D eigenvalue weighted by Gasteiger charge is -2.21. The lowest BCUT2D eigenvalue weighted by molar-refractivity contribution is 0.423. The Balaban J connectivity index is 2.16. The molecule has 0 saturated carbocycles. The zero-order chi connectivity index (χ0) is 13.2. The highest BCUT2D eigenvalue weighted by Gasteiger charge is 2.10. The Kier molecular flexibility index (Phi) is 3.48. The second kappa shape index (κ2) is 4.90. The molecule has 1 N–H and O–H groups in total. The summed E-state index contributed by atoms with van der Waals surface area (Å²) in [5.41, 5.74) is 2.40. The van der Waals surface area contributed by atoms with Crippen LogP contribution in [-0.2, 0) is 6.54 Å². The highest BCUT2D eigenvalue weighted by Crippen LogP contribution is 2.11. The van der Waals surface area contributed by atoms with Crippen LogP contribution in [0.15, 0.2) is 30.9 Å². The highest BCUT2D eigenvalue weighted by molar-refractivity contribution is 5.30. The average molecular weight is 244 g/mol. The van der Waals surface area contributed by atoms with Crippen molar-refractivity contribution in [3.05, 3.63) is 42.1 Å². The molecule has 96 valence electrons. The first kappa shape index (κ1) is 12.8. The summed E-state index contributed by atoms with van der Waals surface area (Å²) in [6.45, 7) is 9.37. The van der Waals surface area contributed by atoms with Gasteiger partial charge in [-0.05, 0) is 39.3 Å². The Morgan fingerprint density at radius 2 is 2.06 bits per heavy atom. The number of pyridine rings is 1. The van der Waals surface area contributed by atoms with Gasteiger partial charge in [-0.25, -0.2) is 9.97 Å². The minimum atomic E-state index is 0.120. The smallest absolute Gasteiger partial charge is 0.138 e. The number of rotatable bonds is 3. The second-order valence-corrected chi connectivity index (χ2v) is 5.49. The number of hydrogen-bond acceptors (Lipinski definition) is 3. The van der Waals surface area contributed by atoms with E-state index < -0.39 is 0 Å². The van der Waals surface area contributed by atoms with Gasteiger partial charge in [0.15, 0.2) is 0 Å². The number of aromatic nitrogens is 3. The van der Waals surface area contributed by atoms with Crippen LogP contribution >= 0.6 is 0 Å². The molecule has 0 unspecified atom stereocenters. The molecule has 4 nitrogen and oxygen atoms in total. The fourth-order valence-electron chi connectivity index (χ4n) is 1.66. The lowest BCUT2D eigenvalue weighted by Crippen LogP contribution is -2.35. The molecule has 0 bridgehead atoms. The number of hydrogen-bond donors (Lipinski definition) is 1. The minimum Gasteiger partial charge on any atom is -0.308 e. The van der Waals surface area contributed by atoms with Gasteiger partial charge in [0.05, 0.1) is 0 Å². The molecule has 0 fully saturated rings. The average Bonchev–Trinajstić information content (AvgIpc) is 2.79. The van der Waals surface area contributed by atoms with E-state index in [1.165, 1.54) is 5.56 Å². The number of aryl methyl sites for hydroxylation is 1. The van der Waals surface area contributed by atoms with Crippen LogP contribution in [0.25, 0.3) is 5.82 Å². The number of imidazole rings is 1. The third-order valence-corrected chi connectivity index (χ3v) is 2.76. The Hall–Kier alpha value is -1.68. The molecule has 2 heterocycles. The van der Waals surface area contributed by atoms with E-state index >= 15 is 0 Å². The second-order valence-electron chi connectivity index (χ2n) is 5.49. The summed E-state index contributed by atoms with van der Waals surface area (Å²) < 4.78 is 1.91. The zero-order valence-corrected chi connectivity index (χ0v) is 11.4. The first-order valence-electron chi connectivity index (χ1n) is 6.15. The van der Waals surface area contributed by atoms with Gasteiger partial charge in [0.2, 0.25) is 0 Å². The summed E-state index contributed by atoms with van der Waals surface area (Å²) in [6, 6.07) is 4.14. The quantitative estimate of drug-likeness (QED) is 0.902. The van der Waals surface area contributed by atoms with Gasteiger partial charge in [-0.3, -0.25) is 4.57 Å². The molecule has 0 aliphatic heterocycles. The van der Waals surface area contributed by atoms with Crippen LogP contribution in [0.4, 0.5) is 0 Å². The van der Waals surface area contributed by atoms with Gasteiger partial charge in [-0.2, -0.15) is 0 Å². The molecular formula is C14H20N4. The van der Waals surface area contributed by atoms with Crippen molar-refractivity contribution in [3.8, 4) is 5.82 Å². The molecule has 0 aliphatic rings. The van der Waals surface area contributed by atoms with Crippen LogP contribution in [-0.4, -0.2) is 20.1 Å². The van der Waals surface area contributed by atoms with Crippen molar-refractivity contribution in [2.75, 3.05) is 0 Å². The van der Waals surface area contributed by atoms with Crippen molar-refractivity contribution in [1.82, 2.24) is 19.9 Å². The Morgan fingerprint density at radius 3 is 2.61 bits per heavy atom. The molecule has 0 atom stereocenters. The van der Waals surface area contributed by atoms with Crippen LogP contribution in [0, 0.1) is 6.92 Å². The molecule has 2 aromatic heterocycles. The topological polar surface area (TPSA) is 42.7 Å². The molecule has 2 aromatic rings. The molecule has 0 spiro atoms. The van der Waals surface area contributed by atoms with Crippen molar-refractivity contribution in [1.29, 1.82) is 0 Å². The number of nitrogens with one attached hydrogen (secondary N) is 1. The zero-order valence-electron chi connectivity index (χ0n) is 11.4. The van der Waals surface area contributed by atoms with Crippen LogP contribution in [0.5, 0.6) is 0 Å². The first-order valence-corrected chi connectivity index (χ1v) is 6.15. The van der Waals surface area contributed by atoms with Gasteiger partial charge in [0.25, 0.3) is 0 Å². The van der Waals surface area contributed by atoms with Gasteiger partial charge in [-0.1, -0.05) is 6.07 Å². The van der Waals surface area contributed by atoms with Crippen molar-refractivity contribution in [3.63, 3.8) is 0 Å². The molecule has 2 rings (SSSR count). The SMILES string of the molecule is Cc1nc(-n2ccnc2)ccc1CNC(C)(C)C. The molecule has 0 saturated heterocycles. The minimum absolute atomic E-state index is 0.120. The van der Waals surface area contributed by atoms with E-state index in [4.69, 9.17) is 0 Å². The normalized spacial score (nSPS) is 11.8. The summed E-state index contributed by atoms with van der Waals surface area (Å²) in [5, 5.41) is 3.47. The third-order valence-electron chi connectivity index (χ3n) is 2.76. The van der Waals surface area contributed by atoms with Crippen molar-refractivity contribution in [2.24, 2.45) is 0 Å². The van der Waals surface area contributed by atoms with E-state index in [-0.39, 0.29) is 5.54 Å². The van der Waals surface area contributed by atoms with Gasteiger partial charge in [-0.15, -0.1) is 0 Å². The fraction of sp³-hybridized carbons (Fsp3) is 0.429. The van der Waals surface area contributed by atoms with Gasteiger partial charge in [0.1, 0.15) is 12.1 Å². The molecular weight excluding hydrogens is 224 g/mol. The Labute approximate surface area is 108 Å². The molecule has 0 amide bonds. The molecule has 18 heavy (non-hydrogen) atoms. The van der Waals surface area contributed by atoms with Crippen molar-refractivity contribution < 1.29 is 0 Å². The van der Waals surface area contributed by atoms with Crippen LogP contribution in [0.3, 0.4) is 0 Å². The van der Waals surface area contributed by atoms with Gasteiger partial charge >= 0.3 is 0 Å². The van der Waals surface area contributed by atoms with Gasteiger partial charge in [0, 0.05) is 30.2 Å². The predicted octanol–water partition coefficient (Wildman–Crippen LogP) is 2.46. The monoisotopic (exact) mass is 244 g/mol. The summed E-state index contributed by atoms with van der Waals surface area (Å²) in [7, 11) is 0. The highest BCUT2D eigenvalue weighted by atomic mass is 15.1. The van der Waals surface area contributed by atoms with E-state index in [1.807, 2.05) is 23.8 Å². The van der Waals surface area contributed by atoms with Crippen LogP contribution in [0.2, 0.25) is 0 Å². The number of nitrogens with zero attached hydrogens (tertiary/aromatic N) is 3. The van der Waals surface area contributed by atoms with E-state index in [0.29, 0.717) is 0 Å². The summed E-state index contributed by atoms with van der Waals surface area (Å²) in [5.74, 6) is 0.907. The molecule has 4 heteroatoms. The lowest BCUT2D eigenvalue weighted by atomic mass is 10.1. The largest absolute Gasteiger partial charge is 0.308 e. The van der Waals surface area contributed by atoms with Crippen molar-refractivity contribution >= 4 is 0 Å².